The van der Waals surface area contributed by atoms with Crippen molar-refractivity contribution >= 4 is 11.7 Å². The molecule has 2 rings (SSSR count). The molecule has 1 N–H and O–H groups in total. The largest absolute Gasteiger partial charge is 0.352 e. The Hall–Kier alpha value is -1.98. The summed E-state index contributed by atoms with van der Waals surface area (Å²) in [5.74, 6) is 1.65. The van der Waals surface area contributed by atoms with Crippen LogP contribution in [0.3, 0.4) is 0 Å². The summed E-state index contributed by atoms with van der Waals surface area (Å²) in [4.78, 5) is 21.3. The Labute approximate surface area is 150 Å². The van der Waals surface area contributed by atoms with Crippen molar-refractivity contribution in [3.8, 4) is 0 Å². The molecule has 25 heavy (non-hydrogen) atoms. The summed E-state index contributed by atoms with van der Waals surface area (Å²) >= 11 is 0. The van der Waals surface area contributed by atoms with E-state index in [0.717, 1.165) is 24.2 Å². The van der Waals surface area contributed by atoms with Crippen LogP contribution in [0.4, 0.5) is 0 Å². The fourth-order valence-electron chi connectivity index (χ4n) is 2.89. The Bertz CT molecular complexity index is 742. The first-order valence-corrected chi connectivity index (χ1v) is 9.05. The summed E-state index contributed by atoms with van der Waals surface area (Å²) in [6, 6.07) is 2.09. The van der Waals surface area contributed by atoms with E-state index < -0.39 is 0 Å². The highest BCUT2D eigenvalue weighted by Crippen LogP contribution is 2.24. The summed E-state index contributed by atoms with van der Waals surface area (Å²) in [5.41, 5.74) is 1.88. The van der Waals surface area contributed by atoms with Crippen LogP contribution in [0.2, 0.25) is 0 Å². The number of carbonyl (C=O) groups is 1. The topological polar surface area (TPSA) is 72.2 Å². The van der Waals surface area contributed by atoms with Gasteiger partial charge in [0.1, 0.15) is 0 Å². The van der Waals surface area contributed by atoms with Gasteiger partial charge in [0.2, 0.25) is 5.91 Å². The Balaban J connectivity index is 2.08. The minimum absolute atomic E-state index is 0.0200. The lowest BCUT2D eigenvalue weighted by Gasteiger charge is -2.32. The number of hydrogen-bond acceptors (Lipinski definition) is 4. The highest BCUT2D eigenvalue weighted by molar-refractivity contribution is 5.78. The second-order valence-electron chi connectivity index (χ2n) is 8.41. The normalized spacial score (nSPS) is 13.4. The molecule has 1 unspecified atom stereocenters. The van der Waals surface area contributed by atoms with E-state index in [2.05, 4.69) is 55.0 Å². The fourth-order valence-corrected chi connectivity index (χ4v) is 2.89. The van der Waals surface area contributed by atoms with Crippen molar-refractivity contribution < 1.29 is 4.79 Å². The van der Waals surface area contributed by atoms with Crippen LogP contribution in [-0.2, 0) is 11.2 Å². The molecule has 0 fully saturated rings. The van der Waals surface area contributed by atoms with Crippen molar-refractivity contribution in [1.82, 2.24) is 24.9 Å². The van der Waals surface area contributed by atoms with Crippen LogP contribution >= 0.6 is 0 Å². The molecule has 2 aromatic heterocycles. The molecular weight excluding hydrogens is 314 g/mol. The molecule has 0 aliphatic rings. The van der Waals surface area contributed by atoms with Gasteiger partial charge in [-0.1, -0.05) is 34.6 Å². The van der Waals surface area contributed by atoms with Crippen molar-refractivity contribution in [2.75, 3.05) is 0 Å². The number of nitrogens with one attached hydrogen (secondary N) is 1. The van der Waals surface area contributed by atoms with E-state index in [1.54, 1.807) is 4.52 Å². The van der Waals surface area contributed by atoms with E-state index in [0.29, 0.717) is 17.5 Å². The molecule has 138 valence electrons. The molecule has 6 heteroatoms. The molecular formula is C19H31N5O. The molecule has 1 atom stereocenters. The number of aryl methyl sites for hydroxylation is 2. The quantitative estimate of drug-likeness (QED) is 0.872. The van der Waals surface area contributed by atoms with Crippen molar-refractivity contribution in [2.45, 2.75) is 73.8 Å². The summed E-state index contributed by atoms with van der Waals surface area (Å²) in [7, 11) is 0. The third-order valence-electron chi connectivity index (χ3n) is 4.39. The lowest BCUT2D eigenvalue weighted by Crippen LogP contribution is -2.44. The van der Waals surface area contributed by atoms with E-state index in [-0.39, 0.29) is 23.8 Å². The predicted octanol–water partition coefficient (Wildman–Crippen LogP) is 3.25. The Kier molecular flexibility index (Phi) is 5.80. The zero-order chi connectivity index (χ0) is 18.8. The van der Waals surface area contributed by atoms with Gasteiger partial charge >= 0.3 is 0 Å². The van der Waals surface area contributed by atoms with Gasteiger partial charge in [0.15, 0.2) is 5.82 Å². The van der Waals surface area contributed by atoms with Crippen molar-refractivity contribution in [1.29, 1.82) is 0 Å². The molecule has 0 aliphatic carbocycles. The molecule has 0 saturated heterocycles. The number of hydrogen-bond donors (Lipinski definition) is 1. The maximum Gasteiger partial charge on any atom is 0.252 e. The van der Waals surface area contributed by atoms with E-state index in [1.807, 2.05) is 19.9 Å². The Morgan fingerprint density at radius 1 is 1.20 bits per heavy atom. The first-order chi connectivity index (χ1) is 11.6. The minimum atomic E-state index is -0.0334. The van der Waals surface area contributed by atoms with Crippen molar-refractivity contribution in [2.24, 2.45) is 11.3 Å². The van der Waals surface area contributed by atoms with Gasteiger partial charge < -0.3 is 5.32 Å². The van der Waals surface area contributed by atoms with E-state index >= 15 is 0 Å². The molecule has 1 amide bonds. The van der Waals surface area contributed by atoms with Crippen molar-refractivity contribution in [3.05, 3.63) is 23.3 Å². The molecule has 2 aromatic rings. The lowest BCUT2D eigenvalue weighted by atomic mass is 9.82. The second-order valence-corrected chi connectivity index (χ2v) is 8.41. The maximum absolute atomic E-state index is 12.5. The highest BCUT2D eigenvalue weighted by Gasteiger charge is 2.26. The van der Waals surface area contributed by atoms with Crippen LogP contribution in [0.25, 0.3) is 5.78 Å². The van der Waals surface area contributed by atoms with Gasteiger partial charge in [0, 0.05) is 17.4 Å². The number of aromatic nitrogens is 4. The number of rotatable bonds is 6. The number of nitrogens with zero attached hydrogens (tertiary/aromatic N) is 4. The summed E-state index contributed by atoms with van der Waals surface area (Å²) in [6.07, 6.45) is 2.25. The standard InChI is InChI=1S/C19H31N5O/c1-12(2)8-9-15(19(5,6)7)21-17(25)11-16-22-18-20-13(3)10-14(4)24(18)23-16/h10,12,15H,8-9,11H2,1-7H3,(H,21,25). The van der Waals surface area contributed by atoms with Gasteiger partial charge in [-0.05, 0) is 44.1 Å². The molecule has 6 nitrogen and oxygen atoms in total. The Morgan fingerprint density at radius 3 is 2.48 bits per heavy atom. The molecule has 2 heterocycles. The monoisotopic (exact) mass is 345 g/mol. The second kappa shape index (κ2) is 7.50. The molecule has 0 radical (unpaired) electrons. The van der Waals surface area contributed by atoms with Crippen LogP contribution in [0.1, 0.15) is 64.7 Å². The highest BCUT2D eigenvalue weighted by atomic mass is 16.1. The Morgan fingerprint density at radius 2 is 1.88 bits per heavy atom. The van der Waals surface area contributed by atoms with Gasteiger partial charge in [0.25, 0.3) is 5.78 Å². The average Bonchev–Trinajstić information content (AvgIpc) is 2.84. The van der Waals surface area contributed by atoms with Crippen LogP contribution in [0, 0.1) is 25.2 Å². The van der Waals surface area contributed by atoms with Crippen LogP contribution < -0.4 is 5.32 Å². The SMILES string of the molecule is Cc1cc(C)n2nc(CC(=O)NC(CCC(C)C)C(C)(C)C)nc2n1. The average molecular weight is 345 g/mol. The van der Waals surface area contributed by atoms with E-state index in [4.69, 9.17) is 0 Å². The number of fused-ring (bicyclic) bond motifs is 1. The van der Waals surface area contributed by atoms with Crippen molar-refractivity contribution in [3.63, 3.8) is 0 Å². The molecule has 0 spiro atoms. The summed E-state index contributed by atoms with van der Waals surface area (Å²) < 4.78 is 1.69. The van der Waals surface area contributed by atoms with Gasteiger partial charge in [-0.3, -0.25) is 4.79 Å². The van der Waals surface area contributed by atoms with Gasteiger partial charge in [-0.25, -0.2) is 9.50 Å². The van der Waals surface area contributed by atoms with Gasteiger partial charge in [-0.2, -0.15) is 4.98 Å². The summed E-state index contributed by atoms with van der Waals surface area (Å²) in [6.45, 7) is 14.8. The third kappa shape index (κ3) is 5.25. The lowest BCUT2D eigenvalue weighted by molar-refractivity contribution is -0.122. The maximum atomic E-state index is 12.5. The molecule has 0 aromatic carbocycles. The zero-order valence-corrected chi connectivity index (χ0v) is 16.6. The van der Waals surface area contributed by atoms with Crippen LogP contribution in [0.5, 0.6) is 0 Å². The molecule has 0 aliphatic heterocycles. The van der Waals surface area contributed by atoms with Gasteiger partial charge in [-0.15, -0.1) is 5.10 Å². The third-order valence-corrected chi connectivity index (χ3v) is 4.39. The van der Waals surface area contributed by atoms with Crippen LogP contribution in [0.15, 0.2) is 6.07 Å². The first kappa shape index (κ1) is 19.3. The predicted molar refractivity (Wildman–Crippen MR) is 99.4 cm³/mol. The van der Waals surface area contributed by atoms with Gasteiger partial charge in [0.05, 0.1) is 6.42 Å². The fraction of sp³-hybridized carbons (Fsp3) is 0.684. The zero-order valence-electron chi connectivity index (χ0n) is 16.6. The smallest absolute Gasteiger partial charge is 0.252 e. The molecule has 0 saturated carbocycles. The van der Waals surface area contributed by atoms with E-state index in [1.165, 1.54) is 0 Å². The minimum Gasteiger partial charge on any atom is -0.352 e. The molecule has 0 bridgehead atoms. The van der Waals surface area contributed by atoms with E-state index in [9.17, 15) is 4.79 Å². The first-order valence-electron chi connectivity index (χ1n) is 9.05. The summed E-state index contributed by atoms with van der Waals surface area (Å²) in [5, 5.41) is 7.60. The number of carbonyl (C=O) groups excluding carboxylic acids is 1. The number of amides is 1. The van der Waals surface area contributed by atoms with Crippen LogP contribution in [-0.4, -0.2) is 31.5 Å².